The molecule has 0 aromatic rings. The Balaban J connectivity index is 1.89. The van der Waals surface area contributed by atoms with E-state index in [4.69, 9.17) is 4.74 Å². The van der Waals surface area contributed by atoms with Crippen molar-refractivity contribution in [3.8, 4) is 0 Å². The van der Waals surface area contributed by atoms with Crippen molar-refractivity contribution in [3.05, 3.63) is 11.3 Å². The summed E-state index contributed by atoms with van der Waals surface area (Å²) in [6.45, 7) is 5.32. The van der Waals surface area contributed by atoms with Crippen LogP contribution in [0.25, 0.3) is 0 Å². The third-order valence-corrected chi connectivity index (χ3v) is 2.76. The van der Waals surface area contributed by atoms with E-state index >= 15 is 0 Å². The summed E-state index contributed by atoms with van der Waals surface area (Å²) in [7, 11) is 1.00. The molecule has 1 rings (SSSR count). The van der Waals surface area contributed by atoms with E-state index in [1.807, 2.05) is 0 Å². The zero-order valence-corrected chi connectivity index (χ0v) is 7.68. The van der Waals surface area contributed by atoms with Gasteiger partial charge in [0.05, 0.1) is 22.2 Å². The number of epoxide rings is 1. The van der Waals surface area contributed by atoms with Gasteiger partial charge in [0, 0.05) is 0 Å². The van der Waals surface area contributed by atoms with Crippen LogP contribution in [0, 0.1) is 0 Å². The van der Waals surface area contributed by atoms with E-state index in [2.05, 4.69) is 19.5 Å². The highest BCUT2D eigenvalue weighted by Gasteiger charge is 2.20. The second kappa shape index (κ2) is 3.94. The van der Waals surface area contributed by atoms with Crippen LogP contribution in [0.3, 0.4) is 0 Å². The Morgan fingerprint density at radius 2 is 2.40 bits per heavy atom. The third-order valence-electron chi connectivity index (χ3n) is 1.40. The summed E-state index contributed by atoms with van der Waals surface area (Å²) in [5.74, 6) is 0. The van der Waals surface area contributed by atoms with E-state index in [9.17, 15) is 0 Å². The molecule has 1 fully saturated rings. The highest BCUT2D eigenvalue weighted by molar-refractivity contribution is 6.42. The van der Waals surface area contributed by atoms with Gasteiger partial charge in [-0.2, -0.15) is 0 Å². The lowest BCUT2D eigenvalue weighted by Crippen LogP contribution is -1.90. The number of allylic oxidation sites excluding steroid dienone is 1. The minimum Gasteiger partial charge on any atom is -0.373 e. The van der Waals surface area contributed by atoms with E-state index in [1.165, 1.54) is 18.0 Å². The van der Waals surface area contributed by atoms with Crippen LogP contribution in [0.15, 0.2) is 11.3 Å². The van der Waals surface area contributed by atoms with Crippen molar-refractivity contribution in [1.82, 2.24) is 0 Å². The summed E-state index contributed by atoms with van der Waals surface area (Å²) < 4.78 is 5.10. The molecule has 0 aromatic heterocycles. The summed E-state index contributed by atoms with van der Waals surface area (Å²) in [4.78, 5) is 0. The minimum atomic E-state index is 0.623. The van der Waals surface area contributed by atoms with E-state index in [-0.39, 0.29) is 0 Å². The lowest BCUT2D eigenvalue weighted by atomic mass is 10.4. The molecule has 0 saturated carbocycles. The van der Waals surface area contributed by atoms with Gasteiger partial charge >= 0.3 is 0 Å². The topological polar surface area (TPSA) is 12.5 Å². The molecule has 0 amide bonds. The van der Waals surface area contributed by atoms with Crippen LogP contribution in [-0.2, 0) is 4.74 Å². The molecule has 1 saturated heterocycles. The van der Waals surface area contributed by atoms with E-state index < -0.39 is 0 Å². The first-order valence-corrected chi connectivity index (χ1v) is 5.06. The summed E-state index contributed by atoms with van der Waals surface area (Å²) in [5, 5.41) is 0. The standard InChI is InChI=1S/C8H14OSi/c1-7(2)6-10-4-3-8-5-9-8/h6,8H,3-5H2,1-2H3. The smallest absolute Gasteiger partial charge is 0.0807 e. The average molecular weight is 154 g/mol. The second-order valence-electron chi connectivity index (χ2n) is 2.92. The molecular formula is C8H14OSi. The van der Waals surface area contributed by atoms with Gasteiger partial charge < -0.3 is 4.74 Å². The van der Waals surface area contributed by atoms with Crippen LogP contribution >= 0.6 is 0 Å². The number of hydrogen-bond donors (Lipinski definition) is 0. The Morgan fingerprint density at radius 1 is 1.70 bits per heavy atom. The van der Waals surface area contributed by atoms with Crippen LogP contribution < -0.4 is 0 Å². The molecule has 0 bridgehead atoms. The van der Waals surface area contributed by atoms with Gasteiger partial charge in [-0.05, 0) is 20.3 Å². The molecule has 1 heterocycles. The van der Waals surface area contributed by atoms with Gasteiger partial charge in [-0.3, -0.25) is 0 Å². The molecule has 2 heteroatoms. The SMILES string of the molecule is CC(C)=C[Si]CCC1CO1. The molecule has 0 aliphatic carbocycles. The van der Waals surface area contributed by atoms with Crippen LogP contribution in [-0.4, -0.2) is 22.2 Å². The fourth-order valence-corrected chi connectivity index (χ4v) is 1.80. The predicted octanol–water partition coefficient (Wildman–Crippen LogP) is 1.82. The summed E-state index contributed by atoms with van der Waals surface area (Å²) >= 11 is 0. The van der Waals surface area contributed by atoms with Crippen molar-refractivity contribution in [2.45, 2.75) is 32.4 Å². The van der Waals surface area contributed by atoms with Gasteiger partial charge in [0.25, 0.3) is 0 Å². The van der Waals surface area contributed by atoms with Crippen molar-refractivity contribution in [2.75, 3.05) is 6.61 Å². The zero-order chi connectivity index (χ0) is 7.40. The van der Waals surface area contributed by atoms with Crippen molar-refractivity contribution in [2.24, 2.45) is 0 Å². The fraction of sp³-hybridized carbons (Fsp3) is 0.750. The van der Waals surface area contributed by atoms with Crippen LogP contribution in [0.4, 0.5) is 0 Å². The second-order valence-corrected chi connectivity index (χ2v) is 4.12. The quantitative estimate of drug-likeness (QED) is 0.342. The van der Waals surface area contributed by atoms with Crippen LogP contribution in [0.5, 0.6) is 0 Å². The third kappa shape index (κ3) is 3.85. The van der Waals surface area contributed by atoms with Gasteiger partial charge in [0.2, 0.25) is 0 Å². The molecule has 1 unspecified atom stereocenters. The fourth-order valence-electron chi connectivity index (χ4n) is 0.755. The van der Waals surface area contributed by atoms with Crippen molar-refractivity contribution < 1.29 is 4.74 Å². The van der Waals surface area contributed by atoms with Gasteiger partial charge in [-0.15, -0.1) is 5.70 Å². The summed E-state index contributed by atoms with van der Waals surface area (Å²) in [6, 6.07) is 1.32. The monoisotopic (exact) mass is 154 g/mol. The highest BCUT2D eigenvalue weighted by atomic mass is 28.2. The molecule has 0 N–H and O–H groups in total. The summed E-state index contributed by atoms with van der Waals surface area (Å²) in [6.07, 6.45) is 1.89. The molecule has 1 atom stereocenters. The molecule has 1 aliphatic heterocycles. The normalized spacial score (nSPS) is 22.4. The molecule has 0 spiro atoms. The maximum atomic E-state index is 5.10. The average Bonchev–Trinajstić information content (AvgIpc) is 2.62. The van der Waals surface area contributed by atoms with Gasteiger partial charge in [-0.25, -0.2) is 0 Å². The maximum Gasteiger partial charge on any atom is 0.0807 e. The Bertz CT molecular complexity index is 123. The Kier molecular flexibility index (Phi) is 3.16. The maximum absolute atomic E-state index is 5.10. The van der Waals surface area contributed by atoms with Crippen molar-refractivity contribution in [1.29, 1.82) is 0 Å². The minimum absolute atomic E-state index is 0.623. The Hall–Kier alpha value is -0.0831. The molecule has 56 valence electrons. The Labute approximate surface area is 65.3 Å². The lowest BCUT2D eigenvalue weighted by Gasteiger charge is -1.90. The number of hydrogen-bond acceptors (Lipinski definition) is 1. The lowest BCUT2D eigenvalue weighted by molar-refractivity contribution is 0.403. The number of ether oxygens (including phenoxy) is 1. The van der Waals surface area contributed by atoms with Crippen molar-refractivity contribution >= 4 is 9.52 Å². The van der Waals surface area contributed by atoms with Crippen LogP contribution in [0.2, 0.25) is 6.04 Å². The first-order chi connectivity index (χ1) is 4.79. The summed E-state index contributed by atoms with van der Waals surface area (Å²) in [5.41, 5.74) is 3.76. The molecule has 1 aliphatic rings. The predicted molar refractivity (Wildman–Crippen MR) is 44.3 cm³/mol. The highest BCUT2D eigenvalue weighted by Crippen LogP contribution is 2.15. The molecular weight excluding hydrogens is 140 g/mol. The van der Waals surface area contributed by atoms with E-state index in [1.54, 1.807) is 0 Å². The number of rotatable bonds is 4. The van der Waals surface area contributed by atoms with Crippen molar-refractivity contribution in [3.63, 3.8) is 0 Å². The van der Waals surface area contributed by atoms with Gasteiger partial charge in [-0.1, -0.05) is 11.6 Å². The zero-order valence-electron chi connectivity index (χ0n) is 6.68. The Morgan fingerprint density at radius 3 is 2.90 bits per heavy atom. The molecule has 10 heavy (non-hydrogen) atoms. The van der Waals surface area contributed by atoms with Gasteiger partial charge in [0.1, 0.15) is 0 Å². The van der Waals surface area contributed by atoms with E-state index in [0.29, 0.717) is 6.10 Å². The molecule has 1 nitrogen and oxygen atoms in total. The first kappa shape index (κ1) is 8.02. The molecule has 0 aromatic carbocycles. The molecule has 2 radical (unpaired) electrons. The first-order valence-electron chi connectivity index (χ1n) is 3.77. The van der Waals surface area contributed by atoms with E-state index in [0.717, 1.165) is 16.1 Å². The largest absolute Gasteiger partial charge is 0.373 e. The van der Waals surface area contributed by atoms with Gasteiger partial charge in [0.15, 0.2) is 0 Å². The van der Waals surface area contributed by atoms with Crippen LogP contribution in [0.1, 0.15) is 20.3 Å².